The number of aromatic nitrogens is 2. The lowest BCUT2D eigenvalue weighted by molar-refractivity contribution is 0.0832. The van der Waals surface area contributed by atoms with Gasteiger partial charge in [-0.05, 0) is 12.8 Å². The van der Waals surface area contributed by atoms with Gasteiger partial charge in [-0.1, -0.05) is 0 Å². The lowest BCUT2D eigenvalue weighted by atomic mass is 10.1. The van der Waals surface area contributed by atoms with Crippen LogP contribution in [0.1, 0.15) is 12.8 Å². The Bertz CT molecular complexity index is 482. The van der Waals surface area contributed by atoms with Crippen molar-refractivity contribution < 1.29 is 13.2 Å². The fourth-order valence-corrected chi connectivity index (χ4v) is 2.88. The van der Waals surface area contributed by atoms with E-state index in [0.717, 1.165) is 0 Å². The van der Waals surface area contributed by atoms with Crippen molar-refractivity contribution in [2.75, 3.05) is 25.6 Å². The smallest absolute Gasteiger partial charge is 0.243 e. The number of nitrogens with zero attached hydrogens (tertiary/aromatic N) is 2. The van der Waals surface area contributed by atoms with Gasteiger partial charge in [0.1, 0.15) is 4.90 Å². The van der Waals surface area contributed by atoms with Gasteiger partial charge in [0.05, 0.1) is 12.4 Å². The van der Waals surface area contributed by atoms with Gasteiger partial charge >= 0.3 is 0 Å². The van der Waals surface area contributed by atoms with Crippen molar-refractivity contribution in [3.05, 3.63) is 12.4 Å². The third-order valence-corrected chi connectivity index (χ3v) is 4.18. The normalized spacial score (nSPS) is 17.6. The van der Waals surface area contributed by atoms with E-state index < -0.39 is 10.0 Å². The van der Waals surface area contributed by atoms with Crippen LogP contribution in [0.25, 0.3) is 0 Å². The molecule has 100 valence electrons. The number of rotatable bonds is 4. The minimum Gasteiger partial charge on any atom is -0.381 e. The number of hydrogen-bond donors (Lipinski definition) is 2. The van der Waals surface area contributed by atoms with Gasteiger partial charge in [0.15, 0.2) is 0 Å². The average molecular weight is 272 g/mol. The Kier molecular flexibility index (Phi) is 4.10. The first-order valence-corrected chi connectivity index (χ1v) is 7.20. The van der Waals surface area contributed by atoms with Crippen molar-refractivity contribution in [2.45, 2.75) is 23.8 Å². The molecule has 2 rings (SSSR count). The largest absolute Gasteiger partial charge is 0.381 e. The van der Waals surface area contributed by atoms with Gasteiger partial charge < -0.3 is 10.1 Å². The molecule has 0 radical (unpaired) electrons. The van der Waals surface area contributed by atoms with Crippen LogP contribution in [0.2, 0.25) is 0 Å². The van der Waals surface area contributed by atoms with Gasteiger partial charge in [0.25, 0.3) is 0 Å². The van der Waals surface area contributed by atoms with E-state index in [1.54, 1.807) is 7.05 Å². The van der Waals surface area contributed by atoms with E-state index in [1.165, 1.54) is 12.4 Å². The zero-order chi connectivity index (χ0) is 13.0. The first-order valence-electron chi connectivity index (χ1n) is 5.72. The van der Waals surface area contributed by atoms with Crippen LogP contribution in [0.4, 0.5) is 5.95 Å². The molecule has 1 saturated heterocycles. The molecule has 0 saturated carbocycles. The van der Waals surface area contributed by atoms with Crippen LogP contribution in [0.3, 0.4) is 0 Å². The molecule has 1 fully saturated rings. The van der Waals surface area contributed by atoms with E-state index >= 15 is 0 Å². The summed E-state index contributed by atoms with van der Waals surface area (Å²) in [5, 5.41) is 2.73. The maximum Gasteiger partial charge on any atom is 0.243 e. The highest BCUT2D eigenvalue weighted by Gasteiger charge is 2.22. The Hall–Kier alpha value is -1.25. The SMILES string of the molecule is CNc1ncc(S(=O)(=O)NC2CCOCC2)cn1. The first-order chi connectivity index (χ1) is 8.62. The van der Waals surface area contributed by atoms with Gasteiger partial charge in [-0.25, -0.2) is 23.1 Å². The molecule has 0 spiro atoms. The Morgan fingerprint density at radius 1 is 1.28 bits per heavy atom. The summed E-state index contributed by atoms with van der Waals surface area (Å²) in [5.41, 5.74) is 0. The molecule has 0 atom stereocenters. The van der Waals surface area contributed by atoms with Gasteiger partial charge in [0.2, 0.25) is 16.0 Å². The Labute approximate surface area is 106 Å². The van der Waals surface area contributed by atoms with Crippen LogP contribution in [-0.4, -0.2) is 44.7 Å². The standard InChI is InChI=1S/C10H16N4O3S/c1-11-10-12-6-9(7-13-10)18(15,16)14-8-2-4-17-5-3-8/h6-8,14H,2-5H2,1H3,(H,11,12,13). The summed E-state index contributed by atoms with van der Waals surface area (Å²) >= 11 is 0. The van der Waals surface area contributed by atoms with Crippen molar-refractivity contribution in [3.8, 4) is 0 Å². The zero-order valence-corrected chi connectivity index (χ0v) is 10.9. The summed E-state index contributed by atoms with van der Waals surface area (Å²) in [6.07, 6.45) is 3.96. The minimum absolute atomic E-state index is 0.0762. The van der Waals surface area contributed by atoms with Gasteiger partial charge in [0, 0.05) is 26.3 Å². The van der Waals surface area contributed by atoms with Crippen molar-refractivity contribution >= 4 is 16.0 Å². The first kappa shape index (κ1) is 13.2. The van der Waals surface area contributed by atoms with Crippen molar-refractivity contribution in [2.24, 2.45) is 0 Å². The lowest BCUT2D eigenvalue weighted by Gasteiger charge is -2.22. The number of hydrogen-bond acceptors (Lipinski definition) is 6. The van der Waals surface area contributed by atoms with E-state index in [0.29, 0.717) is 32.0 Å². The predicted octanol–water partition coefficient (Wildman–Crippen LogP) is -0.0244. The molecule has 2 N–H and O–H groups in total. The molecule has 1 aromatic heterocycles. The molecular weight excluding hydrogens is 256 g/mol. The van der Waals surface area contributed by atoms with Crippen LogP contribution < -0.4 is 10.0 Å². The number of anilines is 1. The summed E-state index contributed by atoms with van der Waals surface area (Å²) < 4.78 is 31.9. The fourth-order valence-electron chi connectivity index (χ4n) is 1.69. The molecule has 7 nitrogen and oxygen atoms in total. The third kappa shape index (κ3) is 3.15. The molecule has 1 aliphatic rings. The maximum absolute atomic E-state index is 12.0. The molecule has 0 unspecified atom stereocenters. The second kappa shape index (κ2) is 5.59. The van der Waals surface area contributed by atoms with Gasteiger partial charge in [-0.15, -0.1) is 0 Å². The maximum atomic E-state index is 12.0. The van der Waals surface area contributed by atoms with Crippen LogP contribution in [0, 0.1) is 0 Å². The van der Waals surface area contributed by atoms with E-state index in [2.05, 4.69) is 20.0 Å². The van der Waals surface area contributed by atoms with Crippen LogP contribution in [0.15, 0.2) is 17.3 Å². The molecule has 0 bridgehead atoms. The highest BCUT2D eigenvalue weighted by atomic mass is 32.2. The summed E-state index contributed by atoms with van der Waals surface area (Å²) in [5.74, 6) is 0.389. The van der Waals surface area contributed by atoms with Crippen LogP contribution in [-0.2, 0) is 14.8 Å². The van der Waals surface area contributed by atoms with Crippen molar-refractivity contribution in [1.82, 2.24) is 14.7 Å². The predicted molar refractivity (Wildman–Crippen MR) is 65.7 cm³/mol. The lowest BCUT2D eigenvalue weighted by Crippen LogP contribution is -2.38. The quantitative estimate of drug-likeness (QED) is 0.800. The summed E-state index contributed by atoms with van der Waals surface area (Å²) in [7, 11) is -1.87. The zero-order valence-electron chi connectivity index (χ0n) is 10.1. The monoisotopic (exact) mass is 272 g/mol. The number of nitrogens with one attached hydrogen (secondary N) is 2. The van der Waals surface area contributed by atoms with Gasteiger partial charge in [-0.2, -0.15) is 0 Å². The Morgan fingerprint density at radius 3 is 2.44 bits per heavy atom. The molecule has 8 heteroatoms. The van der Waals surface area contributed by atoms with Gasteiger partial charge in [-0.3, -0.25) is 0 Å². The number of sulfonamides is 1. The highest BCUT2D eigenvalue weighted by Crippen LogP contribution is 2.12. The summed E-state index contributed by atoms with van der Waals surface area (Å²) in [4.78, 5) is 7.86. The Balaban J connectivity index is 2.08. The second-order valence-electron chi connectivity index (χ2n) is 4.00. The van der Waals surface area contributed by atoms with Crippen molar-refractivity contribution in [1.29, 1.82) is 0 Å². The minimum atomic E-state index is -3.54. The van der Waals surface area contributed by atoms with E-state index in [9.17, 15) is 8.42 Å². The highest BCUT2D eigenvalue weighted by molar-refractivity contribution is 7.89. The van der Waals surface area contributed by atoms with Crippen molar-refractivity contribution in [3.63, 3.8) is 0 Å². The third-order valence-electron chi connectivity index (χ3n) is 2.71. The molecular formula is C10H16N4O3S. The van der Waals surface area contributed by atoms with Crippen LogP contribution >= 0.6 is 0 Å². The van der Waals surface area contributed by atoms with E-state index in [4.69, 9.17) is 4.74 Å². The number of ether oxygens (including phenoxy) is 1. The fraction of sp³-hybridized carbons (Fsp3) is 0.600. The summed E-state index contributed by atoms with van der Waals surface area (Å²) in [6.45, 7) is 1.17. The molecule has 0 aliphatic carbocycles. The molecule has 1 aromatic rings. The summed E-state index contributed by atoms with van der Waals surface area (Å²) in [6, 6.07) is -0.0762. The topological polar surface area (TPSA) is 93.2 Å². The second-order valence-corrected chi connectivity index (χ2v) is 5.71. The van der Waals surface area contributed by atoms with Crippen LogP contribution in [0.5, 0.6) is 0 Å². The molecule has 1 aliphatic heterocycles. The van der Waals surface area contributed by atoms with E-state index in [1.807, 2.05) is 0 Å². The Morgan fingerprint density at radius 2 is 1.89 bits per heavy atom. The molecule has 18 heavy (non-hydrogen) atoms. The average Bonchev–Trinajstić information content (AvgIpc) is 2.39. The molecule has 0 aromatic carbocycles. The molecule has 0 amide bonds. The van der Waals surface area contributed by atoms with E-state index in [-0.39, 0.29) is 10.9 Å². The molecule has 2 heterocycles.